The Balaban J connectivity index is 2.12. The molecule has 0 aliphatic carbocycles. The van der Waals surface area contributed by atoms with Gasteiger partial charge in [0.25, 0.3) is 5.91 Å². The molecule has 0 atom stereocenters. The predicted molar refractivity (Wildman–Crippen MR) is 107 cm³/mol. The quantitative estimate of drug-likeness (QED) is 0.554. The molecule has 2 aromatic carbocycles. The second kappa shape index (κ2) is 9.18. The van der Waals surface area contributed by atoms with Gasteiger partial charge < -0.3 is 4.74 Å². The van der Waals surface area contributed by atoms with Crippen LogP contribution in [0.25, 0.3) is 0 Å². The van der Waals surface area contributed by atoms with Crippen LogP contribution >= 0.6 is 0 Å². The van der Waals surface area contributed by atoms with E-state index in [1.807, 2.05) is 31.2 Å². The van der Waals surface area contributed by atoms with Crippen molar-refractivity contribution in [1.82, 2.24) is 5.43 Å². The van der Waals surface area contributed by atoms with Gasteiger partial charge in [0.1, 0.15) is 12.3 Å². The van der Waals surface area contributed by atoms with Crippen molar-refractivity contribution in [2.75, 3.05) is 23.7 Å². The maximum Gasteiger partial charge on any atom is 0.260 e. The van der Waals surface area contributed by atoms with Crippen molar-refractivity contribution in [2.24, 2.45) is 5.10 Å². The molecule has 0 saturated carbocycles. The van der Waals surface area contributed by atoms with Gasteiger partial charge in [0, 0.05) is 0 Å². The lowest BCUT2D eigenvalue weighted by molar-refractivity contribution is -0.119. The highest BCUT2D eigenvalue weighted by Crippen LogP contribution is 2.29. The lowest BCUT2D eigenvalue weighted by Crippen LogP contribution is -2.39. The molecule has 0 unspecified atom stereocenters. The minimum absolute atomic E-state index is 0.305. The molecule has 0 aliphatic heterocycles. The van der Waals surface area contributed by atoms with E-state index in [4.69, 9.17) is 4.74 Å². The molecule has 0 radical (unpaired) electrons. The lowest BCUT2D eigenvalue weighted by Gasteiger charge is -2.23. The monoisotopic (exact) mass is 389 g/mol. The van der Waals surface area contributed by atoms with Gasteiger partial charge in [0.15, 0.2) is 0 Å². The molecule has 1 N–H and O–H groups in total. The van der Waals surface area contributed by atoms with Gasteiger partial charge in [0.2, 0.25) is 10.0 Å². The third-order valence-electron chi connectivity index (χ3n) is 3.60. The van der Waals surface area contributed by atoms with Gasteiger partial charge in [-0.25, -0.2) is 13.8 Å². The van der Waals surface area contributed by atoms with Crippen molar-refractivity contribution in [3.8, 4) is 5.75 Å². The number of sulfonamides is 1. The number of amides is 1. The Hall–Kier alpha value is -2.87. The molecule has 1 amide bonds. The number of carbonyl (C=O) groups is 1. The molecule has 2 aromatic rings. The van der Waals surface area contributed by atoms with Crippen LogP contribution in [0.3, 0.4) is 0 Å². The zero-order valence-corrected chi connectivity index (χ0v) is 16.4. The summed E-state index contributed by atoms with van der Waals surface area (Å²) in [4.78, 5) is 12.2. The topological polar surface area (TPSA) is 88.1 Å². The van der Waals surface area contributed by atoms with Crippen LogP contribution in [0.15, 0.2) is 53.6 Å². The highest BCUT2D eigenvalue weighted by Gasteiger charge is 2.23. The van der Waals surface area contributed by atoms with Crippen molar-refractivity contribution in [1.29, 1.82) is 0 Å². The third-order valence-corrected chi connectivity index (χ3v) is 4.73. The number of hydrogen-bond acceptors (Lipinski definition) is 5. The number of benzene rings is 2. The maximum absolute atomic E-state index is 12.2. The minimum atomic E-state index is -3.70. The molecule has 0 saturated heterocycles. The summed E-state index contributed by atoms with van der Waals surface area (Å²) in [5.41, 5.74) is 4.60. The number of para-hydroxylation sites is 2. The number of anilines is 1. The van der Waals surface area contributed by atoms with Gasteiger partial charge in [-0.2, -0.15) is 5.10 Å². The van der Waals surface area contributed by atoms with Gasteiger partial charge in [-0.3, -0.25) is 9.10 Å². The zero-order chi connectivity index (χ0) is 19.9. The molecule has 8 heteroatoms. The first-order valence-corrected chi connectivity index (χ1v) is 10.2. The Kier molecular flexibility index (Phi) is 6.95. The number of rotatable bonds is 8. The van der Waals surface area contributed by atoms with Crippen LogP contribution < -0.4 is 14.5 Å². The summed E-state index contributed by atoms with van der Waals surface area (Å²) in [5, 5.41) is 3.88. The normalized spacial score (nSPS) is 11.4. The van der Waals surface area contributed by atoms with E-state index in [1.165, 1.54) is 6.21 Å². The summed E-state index contributed by atoms with van der Waals surface area (Å²) in [6, 6.07) is 14.3. The SMILES string of the molecule is CCOc1ccccc1N(CC(=O)N/N=C\c1ccc(C)cc1)S(C)(=O)=O. The van der Waals surface area contributed by atoms with E-state index in [9.17, 15) is 13.2 Å². The summed E-state index contributed by atoms with van der Waals surface area (Å²) in [5.74, 6) is -0.170. The van der Waals surface area contributed by atoms with Crippen LogP contribution in [0.4, 0.5) is 5.69 Å². The van der Waals surface area contributed by atoms with Gasteiger partial charge in [0.05, 0.1) is 24.8 Å². The number of aryl methyl sites for hydroxylation is 1. The summed E-state index contributed by atoms with van der Waals surface area (Å²) in [6.45, 7) is 3.74. The molecule has 144 valence electrons. The van der Waals surface area contributed by atoms with E-state index in [0.29, 0.717) is 18.0 Å². The van der Waals surface area contributed by atoms with Crippen LogP contribution in [-0.4, -0.2) is 39.9 Å². The van der Waals surface area contributed by atoms with Crippen LogP contribution in [0, 0.1) is 6.92 Å². The Morgan fingerprint density at radius 2 is 1.85 bits per heavy atom. The number of hydrazone groups is 1. The van der Waals surface area contributed by atoms with Gasteiger partial charge in [-0.05, 0) is 31.5 Å². The fraction of sp³-hybridized carbons (Fsp3) is 0.263. The Morgan fingerprint density at radius 1 is 1.19 bits per heavy atom. The zero-order valence-electron chi connectivity index (χ0n) is 15.5. The second-order valence-electron chi connectivity index (χ2n) is 5.87. The standard InChI is InChI=1S/C19H23N3O4S/c1-4-26-18-8-6-5-7-17(18)22(27(3,24)25)14-19(23)21-20-13-16-11-9-15(2)10-12-16/h5-13H,4,14H2,1-3H3,(H,21,23)/b20-13-. The average Bonchev–Trinajstić information content (AvgIpc) is 2.61. The molecule has 2 rings (SSSR count). The van der Waals surface area contributed by atoms with Gasteiger partial charge >= 0.3 is 0 Å². The Morgan fingerprint density at radius 3 is 2.48 bits per heavy atom. The van der Waals surface area contributed by atoms with E-state index in [-0.39, 0.29) is 0 Å². The van der Waals surface area contributed by atoms with Crippen molar-refractivity contribution in [3.63, 3.8) is 0 Å². The van der Waals surface area contributed by atoms with Crippen LogP contribution in [0.2, 0.25) is 0 Å². The van der Waals surface area contributed by atoms with E-state index >= 15 is 0 Å². The summed E-state index contributed by atoms with van der Waals surface area (Å²) in [7, 11) is -3.70. The highest BCUT2D eigenvalue weighted by atomic mass is 32.2. The van der Waals surface area contributed by atoms with Crippen LogP contribution in [0.5, 0.6) is 5.75 Å². The predicted octanol–water partition coefficient (Wildman–Crippen LogP) is 2.31. The van der Waals surface area contributed by atoms with Gasteiger partial charge in [-0.1, -0.05) is 42.0 Å². The first kappa shape index (κ1) is 20.4. The molecular formula is C19H23N3O4S. The number of nitrogens with one attached hydrogen (secondary N) is 1. The number of hydrogen-bond donors (Lipinski definition) is 1. The number of ether oxygens (including phenoxy) is 1. The first-order chi connectivity index (χ1) is 12.8. The molecule has 7 nitrogen and oxygen atoms in total. The molecule has 0 aliphatic rings. The highest BCUT2D eigenvalue weighted by molar-refractivity contribution is 7.92. The summed E-state index contributed by atoms with van der Waals surface area (Å²) < 4.78 is 30.9. The van der Waals surface area contributed by atoms with E-state index in [2.05, 4.69) is 10.5 Å². The second-order valence-corrected chi connectivity index (χ2v) is 7.78. The van der Waals surface area contributed by atoms with Crippen molar-refractivity contribution >= 4 is 27.8 Å². The Labute approximate surface area is 159 Å². The van der Waals surface area contributed by atoms with E-state index < -0.39 is 22.5 Å². The van der Waals surface area contributed by atoms with E-state index in [0.717, 1.165) is 21.7 Å². The Bertz CT molecular complexity index is 909. The van der Waals surface area contributed by atoms with Crippen LogP contribution in [-0.2, 0) is 14.8 Å². The molecule has 0 fully saturated rings. The molecule has 0 heterocycles. The fourth-order valence-corrected chi connectivity index (χ4v) is 3.18. The molecule has 27 heavy (non-hydrogen) atoms. The fourth-order valence-electron chi connectivity index (χ4n) is 2.32. The van der Waals surface area contributed by atoms with Crippen molar-refractivity contribution in [2.45, 2.75) is 13.8 Å². The van der Waals surface area contributed by atoms with Crippen molar-refractivity contribution in [3.05, 3.63) is 59.7 Å². The smallest absolute Gasteiger partial charge is 0.260 e. The molecule has 0 bridgehead atoms. The third kappa shape index (κ3) is 6.10. The summed E-state index contributed by atoms with van der Waals surface area (Å²) in [6.07, 6.45) is 2.54. The first-order valence-electron chi connectivity index (χ1n) is 8.39. The molecule has 0 aromatic heterocycles. The summed E-state index contributed by atoms with van der Waals surface area (Å²) >= 11 is 0. The lowest BCUT2D eigenvalue weighted by atomic mass is 10.2. The van der Waals surface area contributed by atoms with Crippen LogP contribution in [0.1, 0.15) is 18.1 Å². The van der Waals surface area contributed by atoms with Gasteiger partial charge in [-0.15, -0.1) is 0 Å². The minimum Gasteiger partial charge on any atom is -0.492 e. The number of nitrogens with zero attached hydrogens (tertiary/aromatic N) is 2. The maximum atomic E-state index is 12.2. The van der Waals surface area contributed by atoms with Crippen molar-refractivity contribution < 1.29 is 17.9 Å². The van der Waals surface area contributed by atoms with E-state index in [1.54, 1.807) is 31.2 Å². The largest absolute Gasteiger partial charge is 0.492 e. The molecular weight excluding hydrogens is 366 g/mol. The molecule has 0 spiro atoms. The average molecular weight is 389 g/mol. The number of carbonyl (C=O) groups excluding carboxylic acids is 1.